The van der Waals surface area contributed by atoms with Crippen molar-refractivity contribution in [1.29, 1.82) is 0 Å². The molecule has 1 heterocycles. The standard InChI is InChI=1S/C12H19N3O6S/c1-3-4-5-10(12(17)18)14-22(19,20)9-6-13-15(7-9)8-11(16)21-2/h6-7,10,14H,3-5,8H2,1-2H3,(H,17,18). The van der Waals surface area contributed by atoms with Crippen molar-refractivity contribution < 1.29 is 27.9 Å². The second kappa shape index (κ2) is 7.90. The number of hydrogen-bond acceptors (Lipinski definition) is 6. The Hall–Kier alpha value is -1.94. The third kappa shape index (κ3) is 5.11. The van der Waals surface area contributed by atoms with Crippen LogP contribution in [0.25, 0.3) is 0 Å². The summed E-state index contributed by atoms with van der Waals surface area (Å²) >= 11 is 0. The first-order valence-electron chi connectivity index (χ1n) is 6.64. The van der Waals surface area contributed by atoms with Gasteiger partial charge in [-0.15, -0.1) is 0 Å². The van der Waals surface area contributed by atoms with Gasteiger partial charge in [0, 0.05) is 6.20 Å². The van der Waals surface area contributed by atoms with Gasteiger partial charge < -0.3 is 9.84 Å². The minimum atomic E-state index is -4.02. The first-order valence-corrected chi connectivity index (χ1v) is 8.13. The Labute approximate surface area is 128 Å². The Bertz CT molecular complexity index is 625. The summed E-state index contributed by atoms with van der Waals surface area (Å²) in [6, 6.07) is -1.20. The third-order valence-corrected chi connectivity index (χ3v) is 4.31. The van der Waals surface area contributed by atoms with Gasteiger partial charge in [-0.2, -0.15) is 9.82 Å². The highest BCUT2D eigenvalue weighted by molar-refractivity contribution is 7.89. The zero-order chi connectivity index (χ0) is 16.8. The first-order chi connectivity index (χ1) is 10.3. The van der Waals surface area contributed by atoms with Gasteiger partial charge in [-0.1, -0.05) is 19.8 Å². The van der Waals surface area contributed by atoms with Crippen molar-refractivity contribution >= 4 is 22.0 Å². The maximum Gasteiger partial charge on any atom is 0.327 e. The average molecular weight is 333 g/mol. The second-order valence-corrected chi connectivity index (χ2v) is 6.32. The minimum Gasteiger partial charge on any atom is -0.480 e. The molecule has 0 saturated heterocycles. The number of carboxylic acid groups (broad SMARTS) is 1. The number of esters is 1. The molecule has 124 valence electrons. The Morgan fingerprint density at radius 2 is 2.18 bits per heavy atom. The molecular weight excluding hydrogens is 314 g/mol. The molecular formula is C12H19N3O6S. The molecule has 0 spiro atoms. The maximum atomic E-state index is 12.1. The number of aliphatic carboxylic acids is 1. The van der Waals surface area contributed by atoms with Crippen LogP contribution in [0.1, 0.15) is 26.2 Å². The van der Waals surface area contributed by atoms with Gasteiger partial charge in [0.25, 0.3) is 0 Å². The zero-order valence-electron chi connectivity index (χ0n) is 12.4. The molecule has 0 bridgehead atoms. The number of hydrogen-bond donors (Lipinski definition) is 2. The van der Waals surface area contributed by atoms with Gasteiger partial charge >= 0.3 is 11.9 Å². The van der Waals surface area contributed by atoms with Gasteiger partial charge in [0.1, 0.15) is 17.5 Å². The van der Waals surface area contributed by atoms with Gasteiger partial charge in [-0.25, -0.2) is 8.42 Å². The Morgan fingerprint density at radius 3 is 2.73 bits per heavy atom. The van der Waals surface area contributed by atoms with Crippen molar-refractivity contribution in [2.45, 2.75) is 43.7 Å². The summed E-state index contributed by atoms with van der Waals surface area (Å²) in [5.74, 6) is -1.81. The van der Waals surface area contributed by atoms with E-state index in [1.165, 1.54) is 7.11 Å². The molecule has 0 fully saturated rings. The smallest absolute Gasteiger partial charge is 0.327 e. The number of sulfonamides is 1. The van der Waals surface area contributed by atoms with Crippen LogP contribution >= 0.6 is 0 Å². The van der Waals surface area contributed by atoms with Crippen LogP contribution in [0, 0.1) is 0 Å². The number of aromatic nitrogens is 2. The van der Waals surface area contributed by atoms with E-state index in [9.17, 15) is 18.0 Å². The lowest BCUT2D eigenvalue weighted by Gasteiger charge is -2.13. The minimum absolute atomic E-state index is 0.196. The summed E-state index contributed by atoms with van der Waals surface area (Å²) in [4.78, 5) is 22.0. The lowest BCUT2D eigenvalue weighted by atomic mass is 10.1. The largest absolute Gasteiger partial charge is 0.480 e. The Balaban J connectivity index is 2.84. The van der Waals surface area contributed by atoms with Crippen molar-refractivity contribution in [3.05, 3.63) is 12.4 Å². The molecule has 1 aromatic heterocycles. The van der Waals surface area contributed by atoms with Gasteiger partial charge in [0.15, 0.2) is 0 Å². The molecule has 0 aliphatic rings. The third-order valence-electron chi connectivity index (χ3n) is 2.88. The Kier molecular flexibility index (Phi) is 6.50. The van der Waals surface area contributed by atoms with Crippen LogP contribution in [0.3, 0.4) is 0 Å². The van der Waals surface area contributed by atoms with Gasteiger partial charge in [-0.05, 0) is 6.42 Å². The van der Waals surface area contributed by atoms with Crippen molar-refractivity contribution in [3.8, 4) is 0 Å². The predicted molar refractivity (Wildman–Crippen MR) is 75.5 cm³/mol. The fraction of sp³-hybridized carbons (Fsp3) is 0.583. The number of methoxy groups -OCH3 is 1. The number of ether oxygens (including phenoxy) is 1. The molecule has 2 N–H and O–H groups in total. The van der Waals surface area contributed by atoms with E-state index in [1.807, 2.05) is 6.92 Å². The van der Waals surface area contributed by atoms with Gasteiger partial charge in [0.05, 0.1) is 13.3 Å². The van der Waals surface area contributed by atoms with Crippen LogP contribution in [-0.2, 0) is 30.9 Å². The highest BCUT2D eigenvalue weighted by Gasteiger charge is 2.26. The zero-order valence-corrected chi connectivity index (χ0v) is 13.2. The van der Waals surface area contributed by atoms with Crippen LogP contribution in [0.15, 0.2) is 17.3 Å². The van der Waals surface area contributed by atoms with Crippen LogP contribution in [0.5, 0.6) is 0 Å². The first kappa shape index (κ1) is 18.1. The molecule has 1 rings (SSSR count). The predicted octanol–water partition coefficient (Wildman–Crippen LogP) is -0.0222. The molecule has 1 unspecified atom stereocenters. The number of nitrogens with zero attached hydrogens (tertiary/aromatic N) is 2. The number of unbranched alkanes of at least 4 members (excludes halogenated alkanes) is 1. The summed E-state index contributed by atoms with van der Waals surface area (Å²) in [6.45, 7) is 1.65. The number of rotatable bonds is 9. The summed E-state index contributed by atoms with van der Waals surface area (Å²) in [5.41, 5.74) is 0. The molecule has 0 aliphatic heterocycles. The van der Waals surface area contributed by atoms with Crippen molar-refractivity contribution in [3.63, 3.8) is 0 Å². The lowest BCUT2D eigenvalue weighted by molar-refractivity contribution is -0.141. The fourth-order valence-electron chi connectivity index (χ4n) is 1.66. The van der Waals surface area contributed by atoms with Crippen LogP contribution in [0.4, 0.5) is 0 Å². The van der Waals surface area contributed by atoms with Crippen LogP contribution < -0.4 is 4.72 Å². The molecule has 22 heavy (non-hydrogen) atoms. The van der Waals surface area contributed by atoms with E-state index in [-0.39, 0.29) is 17.9 Å². The quantitative estimate of drug-likeness (QED) is 0.608. The summed E-state index contributed by atoms with van der Waals surface area (Å²) in [5, 5.41) is 12.8. The molecule has 0 radical (unpaired) electrons. The van der Waals surface area contributed by atoms with Crippen LogP contribution in [0.2, 0.25) is 0 Å². The molecule has 10 heteroatoms. The van der Waals surface area contributed by atoms with E-state index < -0.39 is 28.0 Å². The molecule has 1 aromatic rings. The topological polar surface area (TPSA) is 128 Å². The van der Waals surface area contributed by atoms with Crippen molar-refractivity contribution in [2.24, 2.45) is 0 Å². The normalized spacial score (nSPS) is 12.8. The highest BCUT2D eigenvalue weighted by Crippen LogP contribution is 2.10. The van der Waals surface area contributed by atoms with E-state index in [0.29, 0.717) is 6.42 Å². The monoisotopic (exact) mass is 333 g/mol. The van der Waals surface area contributed by atoms with Gasteiger partial charge in [-0.3, -0.25) is 14.3 Å². The molecule has 9 nitrogen and oxygen atoms in total. The van der Waals surface area contributed by atoms with E-state index in [4.69, 9.17) is 5.11 Å². The highest BCUT2D eigenvalue weighted by atomic mass is 32.2. The second-order valence-electron chi connectivity index (χ2n) is 4.60. The lowest BCUT2D eigenvalue weighted by Crippen LogP contribution is -2.40. The summed E-state index contributed by atoms with van der Waals surface area (Å²) in [6.07, 6.45) is 3.72. The van der Waals surface area contributed by atoms with Crippen molar-refractivity contribution in [1.82, 2.24) is 14.5 Å². The molecule has 0 saturated carbocycles. The number of nitrogens with one attached hydrogen (secondary N) is 1. The van der Waals surface area contributed by atoms with E-state index in [1.54, 1.807) is 0 Å². The van der Waals surface area contributed by atoms with Gasteiger partial charge in [0.2, 0.25) is 10.0 Å². The van der Waals surface area contributed by atoms with E-state index in [0.717, 1.165) is 23.5 Å². The molecule has 1 atom stereocenters. The van der Waals surface area contributed by atoms with Crippen molar-refractivity contribution in [2.75, 3.05) is 7.11 Å². The maximum absolute atomic E-state index is 12.1. The SMILES string of the molecule is CCCCC(NS(=O)(=O)c1cnn(CC(=O)OC)c1)C(=O)O. The number of carbonyl (C=O) groups is 2. The fourth-order valence-corrected chi connectivity index (χ4v) is 2.84. The summed E-state index contributed by atoms with van der Waals surface area (Å²) < 4.78 is 31.9. The van der Waals surface area contributed by atoms with Crippen LogP contribution in [-0.4, -0.2) is 48.4 Å². The average Bonchev–Trinajstić information content (AvgIpc) is 2.92. The molecule has 0 amide bonds. The van der Waals surface area contributed by atoms with E-state index in [2.05, 4.69) is 14.6 Å². The molecule has 0 aliphatic carbocycles. The van der Waals surface area contributed by atoms with E-state index >= 15 is 0 Å². The Morgan fingerprint density at radius 1 is 1.50 bits per heavy atom. The molecule has 0 aromatic carbocycles. The number of carbonyl (C=O) groups excluding carboxylic acids is 1. The summed E-state index contributed by atoms with van der Waals surface area (Å²) in [7, 11) is -2.82. The number of carboxylic acids is 1.